The molecular weight excluding hydrogens is 1900 g/mol. The van der Waals surface area contributed by atoms with E-state index in [4.69, 9.17) is 53.4 Å². The second-order valence-electron chi connectivity index (χ2n) is 37.4. The highest BCUT2D eigenvalue weighted by molar-refractivity contribution is 5.74. The van der Waals surface area contributed by atoms with Crippen LogP contribution < -0.4 is 39.2 Å². The van der Waals surface area contributed by atoms with Crippen molar-refractivity contribution in [3.8, 4) is 0 Å². The monoisotopic (exact) mass is 2000 g/mol. The number of nitrogens with two attached hydrogens (primary N) is 1. The molecule has 0 spiro atoms. The van der Waals surface area contributed by atoms with E-state index in [1.54, 1.807) is 81.0 Å². The Morgan fingerprint density at radius 1 is 0.399 bits per heavy atom. The SMILES string of the molecule is Cc1ccc([C@H]2C[C@H](c3noc(Cn4c(N)nc5ncccc5c4=O)n3)CO2)cc1.Cc1ccc([C@H]2C[C@H](c3noc(Cn4ccc5nc(=O)cc(C)n5c4=O)n3)CO2)cc1.Cc1ccc([C@H]2C[C@H](c3noc(Cn4ccc5nnn(C)c5c4=O)n3)CO2)cc1.Cc1ccc([C@H]2C[C@H](c3noc(Cn4cnn5ncc(C)c5c4=O)n3)CO2)cc1.[2H][C@]1(c2ccc(C)cc2)C[C@H](c2noc(Cn3cnc4ncn(C)c4c3=O)n2)CO1. The van der Waals surface area contributed by atoms with Gasteiger partial charge in [-0.05, 0) is 133 Å². The Morgan fingerprint density at radius 3 is 1.31 bits per heavy atom. The van der Waals surface area contributed by atoms with E-state index in [1.165, 1.54) is 77.5 Å². The number of imidazole rings is 1. The smallest absolute Gasteiger partial charge is 0.334 e. The van der Waals surface area contributed by atoms with Crippen molar-refractivity contribution in [1.82, 2.24) is 137 Å². The van der Waals surface area contributed by atoms with E-state index in [2.05, 4.69) is 221 Å². The topological polar surface area (TPSA) is 529 Å². The molecule has 5 aliphatic heterocycles. The van der Waals surface area contributed by atoms with Crippen molar-refractivity contribution < 1.29 is 47.7 Å². The van der Waals surface area contributed by atoms with Gasteiger partial charge in [-0.3, -0.25) is 42.2 Å². The number of benzene rings is 5. The molecule has 20 aromatic rings. The van der Waals surface area contributed by atoms with Gasteiger partial charge in [0.15, 0.2) is 57.0 Å². The van der Waals surface area contributed by atoms with Gasteiger partial charge in [-0.15, -0.1) is 14.8 Å². The van der Waals surface area contributed by atoms with E-state index >= 15 is 0 Å². The van der Waals surface area contributed by atoms with E-state index in [0.29, 0.717) is 148 Å². The molecule has 0 unspecified atom stereocenters. The molecule has 0 amide bonds. The molecule has 15 aromatic heterocycles. The Bertz CT molecular complexity index is 8490. The zero-order chi connectivity index (χ0) is 103. The number of hydrogen-bond acceptors (Lipinski definition) is 36. The number of pyridine rings is 2. The average molecular weight is 2000 g/mol. The lowest BCUT2D eigenvalue weighted by Gasteiger charge is -2.09. The van der Waals surface area contributed by atoms with E-state index in [1.807, 2.05) is 38.1 Å². The Labute approximate surface area is 840 Å². The number of ether oxygens (including phenoxy) is 5. The van der Waals surface area contributed by atoms with Crippen LogP contribution in [0.4, 0.5) is 5.95 Å². The summed E-state index contributed by atoms with van der Waals surface area (Å²) in [4.78, 5) is 118. The molecule has 0 radical (unpaired) electrons. The molecule has 25 rings (SSSR count). The summed E-state index contributed by atoms with van der Waals surface area (Å²) in [5, 5.41) is 37.0. The van der Waals surface area contributed by atoms with Crippen LogP contribution in [0.5, 0.6) is 0 Å². The first-order valence-electron chi connectivity index (χ1n) is 48.6. The van der Waals surface area contributed by atoms with Crippen LogP contribution >= 0.6 is 0 Å². The number of fused-ring (bicyclic) bond motifs is 5. The third kappa shape index (κ3) is 21.0. The zero-order valence-corrected chi connectivity index (χ0v) is 81.9. The van der Waals surface area contributed by atoms with Crippen LogP contribution in [0.25, 0.3) is 44.4 Å². The molecule has 0 saturated carbocycles. The molecule has 0 bridgehead atoms. The van der Waals surface area contributed by atoms with Crippen LogP contribution in [0, 0.1) is 48.5 Å². The van der Waals surface area contributed by atoms with Crippen LogP contribution in [-0.2, 0) is 70.5 Å². The van der Waals surface area contributed by atoms with E-state index in [-0.39, 0.29) is 126 Å². The molecule has 45 heteroatoms. The molecule has 148 heavy (non-hydrogen) atoms. The van der Waals surface area contributed by atoms with Gasteiger partial charge < -0.3 is 61.2 Å². The Morgan fingerprint density at radius 2 is 0.818 bits per heavy atom. The Balaban J connectivity index is 0.000000109. The van der Waals surface area contributed by atoms with Crippen molar-refractivity contribution in [3.63, 3.8) is 0 Å². The number of rotatable bonds is 20. The first-order chi connectivity index (χ1) is 72.1. The third-order valence-electron chi connectivity index (χ3n) is 26.7. The lowest BCUT2D eigenvalue weighted by molar-refractivity contribution is 0.110. The number of nitrogens with zero attached hydrogens (tertiary/aromatic N) is 28. The summed E-state index contributed by atoms with van der Waals surface area (Å²) in [5.41, 5.74) is 19.9. The van der Waals surface area contributed by atoms with E-state index in [0.717, 1.165) is 64.6 Å². The number of aryl methyl sites for hydroxylation is 9. The molecule has 45 nitrogen and oxygen atoms in total. The fourth-order valence-corrected chi connectivity index (χ4v) is 18.4. The fourth-order valence-electron chi connectivity index (χ4n) is 18.4. The van der Waals surface area contributed by atoms with Gasteiger partial charge in [0.25, 0.3) is 27.8 Å². The summed E-state index contributed by atoms with van der Waals surface area (Å²) in [6, 6.07) is 49.2. The lowest BCUT2D eigenvalue weighted by Crippen LogP contribution is -2.30. The standard InChI is InChI=1S/C22H21N5O4.C21H20N6O3.3C20H20N6O3/c1-13-3-5-15(6-4-13)17-10-16(12-30-17)21-24-20(31-25-21)11-26-8-7-18-23-19(28)9-14(2)27(18)22(26)29;1-12-4-6-13(7-5-12)16-9-14(11-29-16)18-24-17(30-26-18)10-27-20(28)15-3-2-8-23-19(15)25-21(27)22;1-12-3-5-13(6-4-12)15-7-14(9-28-15)18-23-16(29-24-18)8-26-11-22-19-17(20(26)27)25(2)10-21-19;1-12-3-5-14(6-4-12)16-7-15(10-28-16)19-23-17(29-24-19)9-25-11-22-26-18(20(25)27)13(2)8-21-26;1-12-3-5-13(6-4-12)16-9-14(11-28-16)19-21-17(29-23-19)10-26-8-7-15-18(20(26)27)25(2)24-22-15/h3-9,16-17H,10-12H2,1-2H3;2-8,14,16H,9-11H2,1H3,(H2,22,23,25);3-6,10-11,14-15H,7-9H2,1-2H3;3-6,8,11,15-16H,7,9-10H2,1-2H3;3-8,14,16H,9-11H2,1-2H3/t16-,17+;14-,16+;14-,15+;15-,16+;14-,16+/m00000/s1/i;;15D;;. The highest BCUT2D eigenvalue weighted by atomic mass is 16.5. The maximum atomic E-state index is 12.8. The minimum Gasteiger partial charge on any atom is -0.373 e. The molecule has 10 atom stereocenters. The van der Waals surface area contributed by atoms with Gasteiger partial charge >= 0.3 is 5.69 Å². The first-order valence-corrected chi connectivity index (χ1v) is 48.1. The maximum absolute atomic E-state index is 12.8. The molecule has 5 saturated heterocycles. The summed E-state index contributed by atoms with van der Waals surface area (Å²) < 4.78 is 78.2. The quantitative estimate of drug-likeness (QED) is 0.0740. The molecule has 5 fully saturated rings. The van der Waals surface area contributed by atoms with Crippen molar-refractivity contribution in [3.05, 3.63) is 383 Å². The summed E-state index contributed by atoms with van der Waals surface area (Å²) >= 11 is 0. The summed E-state index contributed by atoms with van der Waals surface area (Å²) in [6.07, 6.45) is 13.3. The molecule has 20 heterocycles. The van der Waals surface area contributed by atoms with Crippen molar-refractivity contribution >= 4 is 50.3 Å². The van der Waals surface area contributed by atoms with Gasteiger partial charge in [0.1, 0.15) is 56.5 Å². The van der Waals surface area contributed by atoms with Crippen LogP contribution in [0.2, 0.25) is 0 Å². The minimum atomic E-state index is -1.13. The van der Waals surface area contributed by atoms with Gasteiger partial charge in [-0.25, -0.2) is 28.8 Å². The molecule has 5 aromatic carbocycles. The van der Waals surface area contributed by atoms with Crippen molar-refractivity contribution in [2.45, 2.75) is 173 Å². The van der Waals surface area contributed by atoms with E-state index < -0.39 is 6.08 Å². The summed E-state index contributed by atoms with van der Waals surface area (Å²) in [6.45, 7) is 16.9. The third-order valence-corrected chi connectivity index (χ3v) is 26.7. The zero-order valence-electron chi connectivity index (χ0n) is 82.9. The summed E-state index contributed by atoms with van der Waals surface area (Å²) in [5.74, 6) is 4.63. The van der Waals surface area contributed by atoms with Gasteiger partial charge in [0, 0.05) is 79.6 Å². The number of nitrogen functional groups attached to an aromatic ring is 1. The highest BCUT2D eigenvalue weighted by Gasteiger charge is 2.38. The van der Waals surface area contributed by atoms with Crippen molar-refractivity contribution in [1.29, 1.82) is 0 Å². The second kappa shape index (κ2) is 41.9. The number of aromatic nitrogens is 28. The molecule has 0 aliphatic carbocycles. The lowest BCUT2D eigenvalue weighted by atomic mass is 9.99. The molecular formula is C103H101N29O16. The predicted octanol–water partition coefficient (Wildman–Crippen LogP) is 10.9. The van der Waals surface area contributed by atoms with Gasteiger partial charge in [0.2, 0.25) is 35.4 Å². The van der Waals surface area contributed by atoms with E-state index in [9.17, 15) is 28.8 Å². The van der Waals surface area contributed by atoms with Gasteiger partial charge in [-0.2, -0.15) is 40.0 Å². The highest BCUT2D eigenvalue weighted by Crippen LogP contribution is 2.43. The van der Waals surface area contributed by atoms with Crippen LogP contribution in [0.1, 0.15) is 219 Å². The normalized spacial score (nSPS) is 19.6. The van der Waals surface area contributed by atoms with Crippen LogP contribution in [0.3, 0.4) is 0 Å². The molecule has 5 aliphatic rings. The summed E-state index contributed by atoms with van der Waals surface area (Å²) in [7, 11) is 3.44. The maximum Gasteiger partial charge on any atom is 0.334 e. The van der Waals surface area contributed by atoms with Crippen LogP contribution in [-0.4, -0.2) is 170 Å². The predicted molar refractivity (Wildman–Crippen MR) is 529 cm³/mol. The van der Waals surface area contributed by atoms with Crippen molar-refractivity contribution in [2.75, 3.05) is 38.8 Å². The van der Waals surface area contributed by atoms with Crippen LogP contribution in [0.15, 0.2) is 247 Å². The molecule has 754 valence electrons. The molecule has 2 N–H and O–H groups in total. The van der Waals surface area contributed by atoms with Gasteiger partial charge in [0.05, 0.1) is 82.8 Å². The van der Waals surface area contributed by atoms with Gasteiger partial charge in [-0.1, -0.05) is 180 Å². The number of hydrogen-bond donors (Lipinski definition) is 1. The Hall–Kier alpha value is -17.2. The minimum absolute atomic E-state index is 0.00741. The number of anilines is 1. The fraction of sp³-hybridized carbons (Fsp3) is 0.330. The second-order valence-corrected chi connectivity index (χ2v) is 37.4. The first kappa shape index (κ1) is 95.7. The van der Waals surface area contributed by atoms with Crippen molar-refractivity contribution in [2.24, 2.45) is 14.1 Å². The average Bonchev–Trinajstić information content (AvgIpc) is 1.68. The largest absolute Gasteiger partial charge is 0.373 e. The Kier molecular flexibility index (Phi) is 27.1.